The molecule has 0 bridgehead atoms. The zero-order chi connectivity index (χ0) is 15.1. The van der Waals surface area contributed by atoms with Gasteiger partial charge in [-0.1, -0.05) is 11.6 Å². The van der Waals surface area contributed by atoms with Crippen molar-refractivity contribution < 1.29 is 19.1 Å². The van der Waals surface area contributed by atoms with Crippen molar-refractivity contribution in [3.8, 4) is 0 Å². The maximum absolute atomic E-state index is 13.4. The number of nitrogens with zero attached hydrogens (tertiary/aromatic N) is 1. The largest absolute Gasteiger partial charge is 0.480 e. The summed E-state index contributed by atoms with van der Waals surface area (Å²) in [5, 5.41) is 10.7. The number of aromatic nitrogens is 1. The third-order valence-corrected chi connectivity index (χ3v) is 2.63. The van der Waals surface area contributed by atoms with E-state index in [4.69, 9.17) is 22.4 Å². The van der Waals surface area contributed by atoms with Crippen LogP contribution in [-0.2, 0) is 9.59 Å². The summed E-state index contributed by atoms with van der Waals surface area (Å²) in [6, 6.07) is 0.335. The van der Waals surface area contributed by atoms with Crippen molar-refractivity contribution in [1.29, 1.82) is 0 Å². The number of rotatable bonds is 6. The van der Waals surface area contributed by atoms with E-state index in [2.05, 4.69) is 10.3 Å². The zero-order valence-corrected chi connectivity index (χ0v) is 11.1. The molecule has 1 aromatic rings. The molecular formula is C12H13ClFN3O3. The Hall–Kier alpha value is -1.99. The fourth-order valence-corrected chi connectivity index (χ4v) is 1.42. The molecular weight excluding hydrogens is 289 g/mol. The highest BCUT2D eigenvalue weighted by Gasteiger charge is 2.10. The van der Waals surface area contributed by atoms with Crippen molar-refractivity contribution in [1.82, 2.24) is 10.3 Å². The molecule has 1 atom stereocenters. The number of hydrogen-bond acceptors (Lipinski definition) is 4. The van der Waals surface area contributed by atoms with E-state index in [1.807, 2.05) is 0 Å². The molecule has 8 heteroatoms. The van der Waals surface area contributed by atoms with Gasteiger partial charge in [0.2, 0.25) is 5.91 Å². The van der Waals surface area contributed by atoms with Gasteiger partial charge in [-0.05, 0) is 18.6 Å². The third kappa shape index (κ3) is 4.94. The number of halogens is 2. The summed E-state index contributed by atoms with van der Waals surface area (Å²) in [6.45, 7) is 0.107. The van der Waals surface area contributed by atoms with E-state index in [0.29, 0.717) is 0 Å². The second kappa shape index (κ2) is 7.56. The molecule has 4 N–H and O–H groups in total. The summed E-state index contributed by atoms with van der Waals surface area (Å²) in [4.78, 5) is 25.4. The van der Waals surface area contributed by atoms with Crippen LogP contribution in [0, 0.1) is 5.82 Å². The van der Waals surface area contributed by atoms with Gasteiger partial charge in [0.25, 0.3) is 0 Å². The number of pyridine rings is 1. The number of carbonyl (C=O) groups excluding carboxylic acids is 1. The molecule has 0 saturated heterocycles. The van der Waals surface area contributed by atoms with Crippen LogP contribution >= 0.6 is 11.6 Å². The average Bonchev–Trinajstić information content (AvgIpc) is 2.40. The van der Waals surface area contributed by atoms with Crippen molar-refractivity contribution in [2.45, 2.75) is 12.5 Å². The Morgan fingerprint density at radius 1 is 1.60 bits per heavy atom. The Morgan fingerprint density at radius 2 is 2.30 bits per heavy atom. The minimum Gasteiger partial charge on any atom is -0.480 e. The van der Waals surface area contributed by atoms with Gasteiger partial charge in [-0.15, -0.1) is 0 Å². The molecule has 1 heterocycles. The predicted molar refractivity (Wildman–Crippen MR) is 71.5 cm³/mol. The smallest absolute Gasteiger partial charge is 0.320 e. The van der Waals surface area contributed by atoms with Crippen molar-refractivity contribution in [2.24, 2.45) is 5.73 Å². The second-order valence-electron chi connectivity index (χ2n) is 3.86. The lowest BCUT2D eigenvalue weighted by molar-refractivity contribution is -0.138. The quantitative estimate of drug-likeness (QED) is 0.532. The number of nitrogens with one attached hydrogen (secondary N) is 1. The van der Waals surface area contributed by atoms with Crippen LogP contribution in [0.25, 0.3) is 6.08 Å². The zero-order valence-electron chi connectivity index (χ0n) is 10.3. The number of hydrogen-bond donors (Lipinski definition) is 3. The van der Waals surface area contributed by atoms with Crippen LogP contribution in [0.1, 0.15) is 12.0 Å². The molecule has 0 aliphatic rings. The van der Waals surface area contributed by atoms with Crippen LogP contribution in [0.15, 0.2) is 18.3 Å². The lowest BCUT2D eigenvalue weighted by atomic mass is 10.2. The topological polar surface area (TPSA) is 105 Å². The first-order valence-corrected chi connectivity index (χ1v) is 6.04. The number of nitrogens with two attached hydrogens (primary N) is 1. The summed E-state index contributed by atoms with van der Waals surface area (Å²) in [5.41, 5.74) is 5.39. The fourth-order valence-electron chi connectivity index (χ4n) is 1.26. The molecule has 1 aromatic heterocycles. The summed E-state index contributed by atoms with van der Waals surface area (Å²) in [5.74, 6) is -2.34. The molecule has 20 heavy (non-hydrogen) atoms. The number of carbonyl (C=O) groups is 2. The first-order chi connectivity index (χ1) is 9.41. The number of carboxylic acids is 1. The molecule has 0 fully saturated rings. The van der Waals surface area contributed by atoms with Crippen molar-refractivity contribution in [3.63, 3.8) is 0 Å². The predicted octanol–water partition coefficient (Wildman–Crippen LogP) is 0.805. The van der Waals surface area contributed by atoms with E-state index in [-0.39, 0.29) is 23.7 Å². The van der Waals surface area contributed by atoms with Crippen molar-refractivity contribution in [2.75, 3.05) is 6.54 Å². The van der Waals surface area contributed by atoms with Crippen LogP contribution in [0.3, 0.4) is 0 Å². The van der Waals surface area contributed by atoms with Crippen molar-refractivity contribution >= 4 is 29.6 Å². The van der Waals surface area contributed by atoms with Crippen molar-refractivity contribution in [3.05, 3.63) is 34.9 Å². The summed E-state index contributed by atoms with van der Waals surface area (Å²) < 4.78 is 13.4. The van der Waals surface area contributed by atoms with Gasteiger partial charge < -0.3 is 16.2 Å². The standard InChI is InChI=1S/C12H13ClFN3O3/c13-11-10(14)7(3-5-17-11)1-2-9(18)16-6-4-8(15)12(19)20/h1-3,5,8H,4,6,15H2,(H,16,18)(H,19,20)/b2-1+. The van der Waals surface area contributed by atoms with Gasteiger partial charge in [-0.2, -0.15) is 0 Å². The number of amides is 1. The van der Waals surface area contributed by atoms with E-state index in [9.17, 15) is 14.0 Å². The number of carboxylic acid groups (broad SMARTS) is 1. The van der Waals surface area contributed by atoms with Crippen LogP contribution in [0.4, 0.5) is 4.39 Å². The Morgan fingerprint density at radius 3 is 2.95 bits per heavy atom. The van der Waals surface area contributed by atoms with E-state index < -0.39 is 23.7 Å². The van der Waals surface area contributed by atoms with Gasteiger partial charge in [-0.25, -0.2) is 9.37 Å². The molecule has 1 amide bonds. The van der Waals surface area contributed by atoms with Crippen LogP contribution < -0.4 is 11.1 Å². The summed E-state index contributed by atoms with van der Waals surface area (Å²) in [7, 11) is 0. The Bertz CT molecular complexity index is 537. The molecule has 0 spiro atoms. The molecule has 6 nitrogen and oxygen atoms in total. The van der Waals surface area contributed by atoms with E-state index in [0.717, 1.165) is 6.08 Å². The molecule has 0 aliphatic heterocycles. The minimum absolute atomic E-state index is 0.102. The molecule has 0 aromatic carbocycles. The molecule has 0 aliphatic carbocycles. The lowest BCUT2D eigenvalue weighted by Gasteiger charge is -2.06. The van der Waals surface area contributed by atoms with Gasteiger partial charge in [0.15, 0.2) is 11.0 Å². The Labute approximate surface area is 119 Å². The molecule has 1 rings (SSSR count). The highest BCUT2D eigenvalue weighted by Crippen LogP contribution is 2.15. The first kappa shape index (κ1) is 16.1. The minimum atomic E-state index is -1.14. The van der Waals surface area contributed by atoms with Crippen LogP contribution in [0.2, 0.25) is 5.15 Å². The van der Waals surface area contributed by atoms with Gasteiger partial charge in [0.05, 0.1) is 0 Å². The maximum atomic E-state index is 13.4. The van der Waals surface area contributed by atoms with Crippen LogP contribution in [0.5, 0.6) is 0 Å². The van der Waals surface area contributed by atoms with Crippen LogP contribution in [-0.4, -0.2) is 34.6 Å². The van der Waals surface area contributed by atoms with E-state index >= 15 is 0 Å². The lowest BCUT2D eigenvalue weighted by Crippen LogP contribution is -2.34. The third-order valence-electron chi connectivity index (χ3n) is 2.36. The summed E-state index contributed by atoms with van der Waals surface area (Å²) in [6.07, 6.45) is 3.77. The normalized spacial score (nSPS) is 12.3. The highest BCUT2D eigenvalue weighted by atomic mass is 35.5. The molecule has 0 radical (unpaired) electrons. The maximum Gasteiger partial charge on any atom is 0.320 e. The number of aliphatic carboxylic acids is 1. The SMILES string of the molecule is NC(CCNC(=O)/C=C/c1ccnc(Cl)c1F)C(=O)O. The molecule has 0 saturated carbocycles. The first-order valence-electron chi connectivity index (χ1n) is 5.66. The Balaban J connectivity index is 2.48. The average molecular weight is 302 g/mol. The Kier molecular flexibility index (Phi) is 6.08. The van der Waals surface area contributed by atoms with Gasteiger partial charge in [0.1, 0.15) is 6.04 Å². The van der Waals surface area contributed by atoms with Gasteiger partial charge in [-0.3, -0.25) is 9.59 Å². The fraction of sp³-hybridized carbons (Fsp3) is 0.250. The highest BCUT2D eigenvalue weighted by molar-refractivity contribution is 6.29. The van der Waals surface area contributed by atoms with E-state index in [1.165, 1.54) is 18.3 Å². The van der Waals surface area contributed by atoms with E-state index in [1.54, 1.807) is 0 Å². The van der Waals surface area contributed by atoms with Gasteiger partial charge >= 0.3 is 5.97 Å². The molecule has 108 valence electrons. The molecule has 1 unspecified atom stereocenters. The van der Waals surface area contributed by atoms with Gasteiger partial charge in [0, 0.05) is 24.4 Å². The second-order valence-corrected chi connectivity index (χ2v) is 4.22. The monoisotopic (exact) mass is 301 g/mol. The summed E-state index contributed by atoms with van der Waals surface area (Å²) >= 11 is 5.49.